The number of thiazole rings is 1. The Labute approximate surface area is 137 Å². The summed E-state index contributed by atoms with van der Waals surface area (Å²) >= 11 is 1.23. The lowest BCUT2D eigenvalue weighted by Crippen LogP contribution is -2.21. The van der Waals surface area contributed by atoms with Gasteiger partial charge in [-0.05, 0) is 30.5 Å². The van der Waals surface area contributed by atoms with Gasteiger partial charge in [0.1, 0.15) is 10.6 Å². The van der Waals surface area contributed by atoms with Crippen molar-refractivity contribution in [2.24, 2.45) is 0 Å². The van der Waals surface area contributed by atoms with E-state index in [1.165, 1.54) is 11.3 Å². The van der Waals surface area contributed by atoms with Gasteiger partial charge in [0.25, 0.3) is 5.91 Å². The van der Waals surface area contributed by atoms with E-state index >= 15 is 0 Å². The molecule has 23 heavy (non-hydrogen) atoms. The van der Waals surface area contributed by atoms with Crippen LogP contribution in [0.4, 0.5) is 5.13 Å². The molecule has 1 aromatic carbocycles. The molecule has 1 aromatic heterocycles. The molecule has 0 spiro atoms. The lowest BCUT2D eigenvalue weighted by molar-refractivity contribution is -0.115. The molecule has 1 aliphatic heterocycles. The molecule has 2 amide bonds. The molecule has 3 rings (SSSR count). The molecule has 0 saturated heterocycles. The fourth-order valence-corrected chi connectivity index (χ4v) is 3.33. The molecular weight excluding hydrogens is 314 g/mol. The van der Waals surface area contributed by atoms with Gasteiger partial charge in [0, 0.05) is 6.54 Å². The van der Waals surface area contributed by atoms with Crippen molar-refractivity contribution in [3.8, 4) is 5.75 Å². The van der Waals surface area contributed by atoms with Crippen LogP contribution in [0.3, 0.4) is 0 Å². The largest absolute Gasteiger partial charge is 0.497 e. The Morgan fingerprint density at radius 2 is 2.17 bits per heavy atom. The first-order chi connectivity index (χ1) is 11.2. The highest BCUT2D eigenvalue weighted by Gasteiger charge is 2.21. The number of carbonyl (C=O) groups excluding carboxylic acids is 2. The number of nitrogens with zero attached hydrogens (tertiary/aromatic N) is 1. The summed E-state index contributed by atoms with van der Waals surface area (Å²) in [5.74, 6) is 0.494. The number of benzene rings is 1. The fourth-order valence-electron chi connectivity index (χ4n) is 2.38. The average Bonchev–Trinajstić information content (AvgIpc) is 2.87. The van der Waals surface area contributed by atoms with Crippen LogP contribution in [0.15, 0.2) is 24.3 Å². The van der Waals surface area contributed by atoms with Crippen molar-refractivity contribution in [3.63, 3.8) is 0 Å². The third-order valence-electron chi connectivity index (χ3n) is 3.55. The van der Waals surface area contributed by atoms with Gasteiger partial charge in [0.05, 0.1) is 19.2 Å². The quantitative estimate of drug-likeness (QED) is 0.898. The molecule has 120 valence electrons. The molecule has 0 fully saturated rings. The first-order valence-electron chi connectivity index (χ1n) is 7.36. The molecule has 0 aliphatic carbocycles. The maximum atomic E-state index is 12.1. The summed E-state index contributed by atoms with van der Waals surface area (Å²) in [4.78, 5) is 29.0. The van der Waals surface area contributed by atoms with Gasteiger partial charge in [-0.2, -0.15) is 0 Å². The number of aryl methyl sites for hydroxylation is 1. The van der Waals surface area contributed by atoms with Crippen LogP contribution in [0.1, 0.15) is 27.3 Å². The van der Waals surface area contributed by atoms with Crippen molar-refractivity contribution < 1.29 is 14.3 Å². The summed E-state index contributed by atoms with van der Waals surface area (Å²) in [6, 6.07) is 7.34. The molecule has 2 aromatic rings. The van der Waals surface area contributed by atoms with E-state index in [1.807, 2.05) is 24.3 Å². The van der Waals surface area contributed by atoms with Gasteiger partial charge in [-0.1, -0.05) is 23.5 Å². The van der Waals surface area contributed by atoms with Crippen LogP contribution in [-0.4, -0.2) is 30.5 Å². The van der Waals surface area contributed by atoms with Gasteiger partial charge in [-0.15, -0.1) is 0 Å². The van der Waals surface area contributed by atoms with E-state index < -0.39 is 0 Å². The van der Waals surface area contributed by atoms with E-state index in [0.29, 0.717) is 16.6 Å². The number of hydrogen-bond acceptors (Lipinski definition) is 5. The molecule has 0 bridgehead atoms. The fraction of sp³-hybridized carbons (Fsp3) is 0.312. The standard InChI is InChI=1S/C16H17N3O3S/c1-22-11-6-4-10(5-7-11)9-13(20)19-16-18-12-3-2-8-17-15(21)14(12)23-16/h4-7H,2-3,8-9H2,1H3,(H,17,21)(H,18,19,20). The topological polar surface area (TPSA) is 80.3 Å². The van der Waals surface area contributed by atoms with E-state index in [9.17, 15) is 9.59 Å². The Balaban J connectivity index is 1.66. The van der Waals surface area contributed by atoms with Crippen molar-refractivity contribution in [1.82, 2.24) is 10.3 Å². The Morgan fingerprint density at radius 1 is 1.39 bits per heavy atom. The van der Waals surface area contributed by atoms with E-state index in [4.69, 9.17) is 4.74 Å². The zero-order valence-corrected chi connectivity index (χ0v) is 13.5. The van der Waals surface area contributed by atoms with Crippen LogP contribution in [-0.2, 0) is 17.6 Å². The van der Waals surface area contributed by atoms with Crippen LogP contribution in [0.25, 0.3) is 0 Å². The number of nitrogens with one attached hydrogen (secondary N) is 2. The van der Waals surface area contributed by atoms with Gasteiger partial charge < -0.3 is 15.4 Å². The smallest absolute Gasteiger partial charge is 0.263 e. The highest BCUT2D eigenvalue weighted by Crippen LogP contribution is 2.25. The van der Waals surface area contributed by atoms with Crippen LogP contribution in [0.2, 0.25) is 0 Å². The SMILES string of the molecule is COc1ccc(CC(=O)Nc2nc3c(s2)C(=O)NCCC3)cc1. The number of carbonyl (C=O) groups is 2. The maximum absolute atomic E-state index is 12.1. The molecule has 2 N–H and O–H groups in total. The van der Waals surface area contributed by atoms with Gasteiger partial charge >= 0.3 is 0 Å². The highest BCUT2D eigenvalue weighted by atomic mass is 32.1. The van der Waals surface area contributed by atoms with Crippen LogP contribution in [0, 0.1) is 0 Å². The zero-order chi connectivity index (χ0) is 16.2. The van der Waals surface area contributed by atoms with Crippen LogP contribution in [0.5, 0.6) is 5.75 Å². The minimum absolute atomic E-state index is 0.106. The minimum Gasteiger partial charge on any atom is -0.497 e. The minimum atomic E-state index is -0.153. The summed E-state index contributed by atoms with van der Waals surface area (Å²) in [5, 5.41) is 6.08. The van der Waals surface area contributed by atoms with Gasteiger partial charge in [-0.3, -0.25) is 9.59 Å². The normalized spacial score (nSPS) is 13.7. The Morgan fingerprint density at radius 3 is 2.91 bits per heavy atom. The van der Waals surface area contributed by atoms with E-state index in [1.54, 1.807) is 7.11 Å². The summed E-state index contributed by atoms with van der Waals surface area (Å²) in [6.07, 6.45) is 1.86. The van der Waals surface area contributed by atoms with Crippen molar-refractivity contribution in [1.29, 1.82) is 0 Å². The van der Waals surface area contributed by atoms with Gasteiger partial charge in [0.2, 0.25) is 5.91 Å². The molecule has 2 heterocycles. The second-order valence-corrected chi connectivity index (χ2v) is 6.23. The monoisotopic (exact) mass is 331 g/mol. The molecular formula is C16H17N3O3S. The van der Waals surface area contributed by atoms with Crippen molar-refractivity contribution in [2.75, 3.05) is 19.0 Å². The van der Waals surface area contributed by atoms with Gasteiger partial charge in [-0.25, -0.2) is 4.98 Å². The van der Waals surface area contributed by atoms with Crippen molar-refractivity contribution in [3.05, 3.63) is 40.4 Å². The number of rotatable bonds is 4. The van der Waals surface area contributed by atoms with Crippen LogP contribution < -0.4 is 15.4 Å². The predicted molar refractivity (Wildman–Crippen MR) is 88.1 cm³/mol. The summed E-state index contributed by atoms with van der Waals surface area (Å²) in [6.45, 7) is 0.668. The molecule has 0 saturated carbocycles. The lowest BCUT2D eigenvalue weighted by Gasteiger charge is -2.04. The molecule has 0 unspecified atom stereocenters. The van der Waals surface area contributed by atoms with E-state index in [0.717, 1.165) is 29.8 Å². The zero-order valence-electron chi connectivity index (χ0n) is 12.7. The van der Waals surface area contributed by atoms with Gasteiger partial charge in [0.15, 0.2) is 5.13 Å². The molecule has 0 radical (unpaired) electrons. The first-order valence-corrected chi connectivity index (χ1v) is 8.18. The summed E-state index contributed by atoms with van der Waals surface area (Å²) in [5.41, 5.74) is 1.66. The average molecular weight is 331 g/mol. The Bertz CT molecular complexity index is 725. The lowest BCUT2D eigenvalue weighted by atomic mass is 10.1. The Kier molecular flexibility index (Phi) is 4.57. The summed E-state index contributed by atoms with van der Waals surface area (Å²) < 4.78 is 5.09. The molecule has 6 nitrogen and oxygen atoms in total. The number of fused-ring (bicyclic) bond motifs is 1. The number of hydrogen-bond donors (Lipinski definition) is 2. The third-order valence-corrected chi connectivity index (χ3v) is 4.56. The first kappa shape index (κ1) is 15.5. The van der Waals surface area contributed by atoms with Crippen LogP contribution >= 0.6 is 11.3 Å². The number of methoxy groups -OCH3 is 1. The number of aromatic nitrogens is 1. The third kappa shape index (κ3) is 3.68. The maximum Gasteiger partial charge on any atom is 0.263 e. The molecule has 7 heteroatoms. The van der Waals surface area contributed by atoms with Crippen molar-refractivity contribution >= 4 is 28.3 Å². The second-order valence-electron chi connectivity index (χ2n) is 5.23. The van der Waals surface area contributed by atoms with E-state index in [2.05, 4.69) is 15.6 Å². The predicted octanol–water partition coefficient (Wildman–Crippen LogP) is 2.01. The molecule has 0 atom stereocenters. The van der Waals surface area contributed by atoms with E-state index in [-0.39, 0.29) is 18.2 Å². The number of ether oxygens (including phenoxy) is 1. The highest BCUT2D eigenvalue weighted by molar-refractivity contribution is 7.17. The number of amides is 2. The Hall–Kier alpha value is -2.41. The summed E-state index contributed by atoms with van der Waals surface area (Å²) in [7, 11) is 1.60. The molecule has 1 aliphatic rings. The second kappa shape index (κ2) is 6.78. The number of anilines is 1. The van der Waals surface area contributed by atoms with Crippen molar-refractivity contribution in [2.45, 2.75) is 19.3 Å².